The molecule has 1 saturated carbocycles. The van der Waals surface area contributed by atoms with E-state index in [2.05, 4.69) is 61.4 Å². The molecule has 0 spiro atoms. The first-order valence-electron chi connectivity index (χ1n) is 8.71. The first-order valence-corrected chi connectivity index (χ1v) is 8.71. The number of nitrogens with one attached hydrogen (secondary N) is 1. The van der Waals surface area contributed by atoms with E-state index < -0.39 is 0 Å². The van der Waals surface area contributed by atoms with E-state index in [-0.39, 0.29) is 0 Å². The van der Waals surface area contributed by atoms with E-state index in [4.69, 9.17) is 0 Å². The van der Waals surface area contributed by atoms with Gasteiger partial charge in [-0.2, -0.15) is 0 Å². The van der Waals surface area contributed by atoms with Crippen LogP contribution in [0, 0.1) is 5.92 Å². The molecule has 118 valence electrons. The Bertz CT molecular complexity index is 390. The summed E-state index contributed by atoms with van der Waals surface area (Å²) >= 11 is 0. The molecular formula is C19H32N2. The van der Waals surface area contributed by atoms with Crippen LogP contribution in [0.25, 0.3) is 0 Å². The molecule has 0 radical (unpaired) electrons. The fraction of sp³-hybridized carbons (Fsp3) is 0.684. The van der Waals surface area contributed by atoms with Gasteiger partial charge in [-0.05, 0) is 44.3 Å². The van der Waals surface area contributed by atoms with Gasteiger partial charge in [0.1, 0.15) is 0 Å². The lowest BCUT2D eigenvalue weighted by atomic mass is 9.84. The van der Waals surface area contributed by atoms with Gasteiger partial charge in [0.2, 0.25) is 0 Å². The molecule has 0 bridgehead atoms. The van der Waals surface area contributed by atoms with Crippen molar-refractivity contribution in [3.8, 4) is 0 Å². The van der Waals surface area contributed by atoms with E-state index >= 15 is 0 Å². The van der Waals surface area contributed by atoms with Gasteiger partial charge in [0.15, 0.2) is 0 Å². The van der Waals surface area contributed by atoms with Crippen molar-refractivity contribution in [1.29, 1.82) is 0 Å². The third-order valence-electron chi connectivity index (χ3n) is 5.03. The normalized spacial score (nSPS) is 24.2. The summed E-state index contributed by atoms with van der Waals surface area (Å²) < 4.78 is 0. The van der Waals surface area contributed by atoms with Crippen molar-refractivity contribution in [3.05, 3.63) is 35.9 Å². The van der Waals surface area contributed by atoms with Crippen molar-refractivity contribution in [2.75, 3.05) is 20.1 Å². The van der Waals surface area contributed by atoms with E-state index in [1.807, 2.05) is 0 Å². The van der Waals surface area contributed by atoms with Crippen LogP contribution < -0.4 is 5.32 Å². The summed E-state index contributed by atoms with van der Waals surface area (Å²) in [5.74, 6) is 0.820. The minimum atomic E-state index is 0.489. The maximum Gasteiger partial charge on any atom is 0.0472 e. The van der Waals surface area contributed by atoms with Crippen molar-refractivity contribution in [2.45, 2.75) is 58.0 Å². The topological polar surface area (TPSA) is 15.3 Å². The van der Waals surface area contributed by atoms with Crippen LogP contribution in [0.3, 0.4) is 0 Å². The molecule has 0 saturated heterocycles. The average molecular weight is 288 g/mol. The van der Waals surface area contributed by atoms with E-state index in [9.17, 15) is 0 Å². The number of nitrogens with zero attached hydrogens (tertiary/aromatic N) is 1. The van der Waals surface area contributed by atoms with E-state index in [0.29, 0.717) is 6.04 Å². The van der Waals surface area contributed by atoms with Crippen molar-refractivity contribution < 1.29 is 0 Å². The Balaban J connectivity index is 2.09. The zero-order valence-corrected chi connectivity index (χ0v) is 14.0. The van der Waals surface area contributed by atoms with Gasteiger partial charge in [0, 0.05) is 18.6 Å². The fourth-order valence-corrected chi connectivity index (χ4v) is 3.72. The quantitative estimate of drug-likeness (QED) is 0.755. The number of benzene rings is 1. The zero-order valence-electron chi connectivity index (χ0n) is 14.0. The summed E-state index contributed by atoms with van der Waals surface area (Å²) in [7, 11) is 2.33. The van der Waals surface area contributed by atoms with Gasteiger partial charge in [0.05, 0.1) is 0 Å². The Hall–Kier alpha value is -0.860. The van der Waals surface area contributed by atoms with Crippen molar-refractivity contribution >= 4 is 0 Å². The summed E-state index contributed by atoms with van der Waals surface area (Å²) in [5, 5.41) is 3.63. The van der Waals surface area contributed by atoms with Crippen LogP contribution in [0.1, 0.15) is 57.6 Å². The molecule has 0 heterocycles. The predicted molar refractivity (Wildman–Crippen MR) is 91.5 cm³/mol. The molecule has 1 N–H and O–H groups in total. The largest absolute Gasteiger partial charge is 0.315 e. The molecule has 3 atom stereocenters. The molecule has 2 nitrogen and oxygen atoms in total. The van der Waals surface area contributed by atoms with Crippen LogP contribution in [0.4, 0.5) is 0 Å². The maximum atomic E-state index is 3.63. The standard InChI is InChI=1S/C19H32N2/c1-4-14-20-15-19(17-11-6-5-7-12-17)21(3)18-13-9-8-10-16(18)2/h5-7,11-12,16,18-20H,4,8-10,13-15H2,1-3H3. The van der Waals surface area contributed by atoms with Crippen molar-refractivity contribution in [2.24, 2.45) is 5.92 Å². The first kappa shape index (κ1) is 16.5. The summed E-state index contributed by atoms with van der Waals surface area (Å²) in [6.07, 6.45) is 6.75. The molecular weight excluding hydrogens is 256 g/mol. The van der Waals surface area contributed by atoms with Gasteiger partial charge in [-0.1, -0.05) is 57.0 Å². The average Bonchev–Trinajstić information content (AvgIpc) is 2.52. The Morgan fingerprint density at radius 1 is 1.19 bits per heavy atom. The SMILES string of the molecule is CCCNCC(c1ccccc1)N(C)C1CCCCC1C. The number of hydrogen-bond acceptors (Lipinski definition) is 2. The molecule has 1 aliphatic carbocycles. The molecule has 1 aliphatic rings. The summed E-state index contributed by atoms with van der Waals surface area (Å²) in [4.78, 5) is 2.64. The number of likely N-dealkylation sites (N-methyl/N-ethyl adjacent to an activating group) is 1. The molecule has 1 aromatic rings. The summed E-state index contributed by atoms with van der Waals surface area (Å²) in [6.45, 7) is 6.83. The maximum absolute atomic E-state index is 3.63. The molecule has 1 aromatic carbocycles. The second kappa shape index (κ2) is 8.55. The van der Waals surface area contributed by atoms with Crippen LogP contribution >= 0.6 is 0 Å². The lowest BCUT2D eigenvalue weighted by molar-refractivity contribution is 0.0952. The third-order valence-corrected chi connectivity index (χ3v) is 5.03. The van der Waals surface area contributed by atoms with E-state index in [1.165, 1.54) is 37.7 Å². The highest BCUT2D eigenvalue weighted by molar-refractivity contribution is 5.19. The Morgan fingerprint density at radius 2 is 1.90 bits per heavy atom. The molecule has 0 amide bonds. The van der Waals surface area contributed by atoms with E-state index in [0.717, 1.165) is 25.0 Å². The predicted octanol–water partition coefficient (Wildman–Crippen LogP) is 4.24. The van der Waals surface area contributed by atoms with Gasteiger partial charge in [-0.3, -0.25) is 4.90 Å². The molecule has 0 aliphatic heterocycles. The third kappa shape index (κ3) is 4.55. The highest BCUT2D eigenvalue weighted by Crippen LogP contribution is 2.32. The number of rotatable bonds is 7. The van der Waals surface area contributed by atoms with E-state index in [1.54, 1.807) is 0 Å². The second-order valence-electron chi connectivity index (χ2n) is 6.63. The highest BCUT2D eigenvalue weighted by atomic mass is 15.2. The summed E-state index contributed by atoms with van der Waals surface area (Å²) in [5.41, 5.74) is 1.45. The van der Waals surface area contributed by atoms with Crippen LogP contribution in [0.5, 0.6) is 0 Å². The van der Waals surface area contributed by atoms with Gasteiger partial charge in [-0.25, -0.2) is 0 Å². The molecule has 2 heteroatoms. The molecule has 1 fully saturated rings. The summed E-state index contributed by atoms with van der Waals surface area (Å²) in [6, 6.07) is 12.2. The Morgan fingerprint density at radius 3 is 2.57 bits per heavy atom. The molecule has 2 rings (SSSR count). The van der Waals surface area contributed by atoms with Gasteiger partial charge in [0.25, 0.3) is 0 Å². The lowest BCUT2D eigenvalue weighted by Gasteiger charge is -2.41. The van der Waals surface area contributed by atoms with Crippen molar-refractivity contribution in [1.82, 2.24) is 10.2 Å². The Labute approximate surface area is 130 Å². The first-order chi connectivity index (χ1) is 10.2. The Kier molecular flexibility index (Phi) is 6.72. The second-order valence-corrected chi connectivity index (χ2v) is 6.63. The minimum Gasteiger partial charge on any atom is -0.315 e. The van der Waals surface area contributed by atoms with Crippen LogP contribution in [-0.4, -0.2) is 31.1 Å². The molecule has 3 unspecified atom stereocenters. The minimum absolute atomic E-state index is 0.489. The van der Waals surface area contributed by atoms with Crippen LogP contribution in [0.2, 0.25) is 0 Å². The number of hydrogen-bond donors (Lipinski definition) is 1. The molecule has 21 heavy (non-hydrogen) atoms. The monoisotopic (exact) mass is 288 g/mol. The lowest BCUT2D eigenvalue weighted by Crippen LogP contribution is -2.44. The zero-order chi connectivity index (χ0) is 15.1. The van der Waals surface area contributed by atoms with Gasteiger partial charge in [-0.15, -0.1) is 0 Å². The van der Waals surface area contributed by atoms with Gasteiger partial charge < -0.3 is 5.32 Å². The van der Waals surface area contributed by atoms with Crippen LogP contribution in [0.15, 0.2) is 30.3 Å². The van der Waals surface area contributed by atoms with Crippen molar-refractivity contribution in [3.63, 3.8) is 0 Å². The highest BCUT2D eigenvalue weighted by Gasteiger charge is 2.29. The van der Waals surface area contributed by atoms with Crippen LogP contribution in [-0.2, 0) is 0 Å². The fourth-order valence-electron chi connectivity index (χ4n) is 3.72. The van der Waals surface area contributed by atoms with Gasteiger partial charge >= 0.3 is 0 Å². The smallest absolute Gasteiger partial charge is 0.0472 e. The molecule has 0 aromatic heterocycles.